The molecule has 7 nitrogen and oxygen atoms in total. The van der Waals surface area contributed by atoms with E-state index in [0.717, 1.165) is 48.6 Å². The van der Waals surface area contributed by atoms with Gasteiger partial charge >= 0.3 is 0 Å². The lowest BCUT2D eigenvalue weighted by molar-refractivity contribution is -0.162. The second-order valence-electron chi connectivity index (χ2n) is 7.19. The van der Waals surface area contributed by atoms with Crippen LogP contribution in [0.25, 0.3) is 0 Å². The number of aromatic nitrogens is 1. The van der Waals surface area contributed by atoms with Gasteiger partial charge in [-0.3, -0.25) is 9.59 Å². The van der Waals surface area contributed by atoms with Crippen molar-refractivity contribution in [3.8, 4) is 0 Å². The standard InChI is InChI=1S/C22H25N3O4/c1-16(26)25-21-19(10-6-12-23-21)24(18-9-3-2-8-17(18)22(25)27)13-7-15-29-20-11-4-5-14-28-20/h2-3,6,8-10,12,20H,4-5,7,11,13-15H2,1H3. The van der Waals surface area contributed by atoms with E-state index in [9.17, 15) is 9.59 Å². The molecule has 1 saturated heterocycles. The fraction of sp³-hybridized carbons (Fsp3) is 0.409. The first kappa shape index (κ1) is 19.5. The first-order chi connectivity index (χ1) is 14.2. The maximum Gasteiger partial charge on any atom is 0.268 e. The highest BCUT2D eigenvalue weighted by Crippen LogP contribution is 2.39. The third kappa shape index (κ3) is 4.02. The Bertz CT molecular complexity index is 895. The SMILES string of the molecule is CC(=O)N1C(=O)c2ccccc2N(CCCOC2CCCCO2)c2cccnc21. The Kier molecular flexibility index (Phi) is 5.87. The average Bonchev–Trinajstić information content (AvgIpc) is 2.85. The van der Waals surface area contributed by atoms with Gasteiger partial charge in [0.25, 0.3) is 5.91 Å². The molecule has 0 radical (unpaired) electrons. The molecule has 0 saturated carbocycles. The number of amides is 2. The van der Waals surface area contributed by atoms with Gasteiger partial charge in [0, 0.05) is 26.3 Å². The Morgan fingerprint density at radius 3 is 2.83 bits per heavy atom. The molecule has 0 spiro atoms. The number of carbonyl (C=O) groups excluding carboxylic acids is 2. The Labute approximate surface area is 170 Å². The van der Waals surface area contributed by atoms with Crippen LogP contribution in [-0.2, 0) is 14.3 Å². The molecule has 2 aliphatic rings. The first-order valence-corrected chi connectivity index (χ1v) is 10.1. The summed E-state index contributed by atoms with van der Waals surface area (Å²) in [6, 6.07) is 11.1. The van der Waals surface area contributed by atoms with Crippen LogP contribution in [0.15, 0.2) is 42.6 Å². The van der Waals surface area contributed by atoms with E-state index in [1.807, 2.05) is 29.2 Å². The maximum absolute atomic E-state index is 13.1. The molecule has 0 N–H and O–H groups in total. The molecule has 1 unspecified atom stereocenters. The van der Waals surface area contributed by atoms with Crippen molar-refractivity contribution in [1.29, 1.82) is 0 Å². The van der Waals surface area contributed by atoms with Crippen molar-refractivity contribution in [3.63, 3.8) is 0 Å². The van der Waals surface area contributed by atoms with Crippen molar-refractivity contribution in [2.45, 2.75) is 38.9 Å². The van der Waals surface area contributed by atoms with E-state index in [1.54, 1.807) is 18.3 Å². The van der Waals surface area contributed by atoms with Crippen LogP contribution in [0.2, 0.25) is 0 Å². The molecular formula is C22H25N3O4. The van der Waals surface area contributed by atoms with Crippen LogP contribution in [0.4, 0.5) is 17.2 Å². The molecule has 2 aliphatic heterocycles. The summed E-state index contributed by atoms with van der Waals surface area (Å²) in [5.74, 6) is -0.357. The summed E-state index contributed by atoms with van der Waals surface area (Å²) in [5, 5.41) is 0. The number of rotatable bonds is 5. The molecule has 7 heteroatoms. The summed E-state index contributed by atoms with van der Waals surface area (Å²) in [6.07, 6.45) is 5.38. The Morgan fingerprint density at radius 1 is 1.21 bits per heavy atom. The number of ether oxygens (including phenoxy) is 2. The fourth-order valence-corrected chi connectivity index (χ4v) is 3.82. The quantitative estimate of drug-likeness (QED) is 0.720. The molecule has 4 rings (SSSR count). The topological polar surface area (TPSA) is 72.0 Å². The number of para-hydroxylation sites is 1. The van der Waals surface area contributed by atoms with Gasteiger partial charge in [0.2, 0.25) is 5.91 Å². The summed E-state index contributed by atoms with van der Waals surface area (Å²) in [5.41, 5.74) is 1.98. The normalized spacial score (nSPS) is 18.8. The van der Waals surface area contributed by atoms with Crippen molar-refractivity contribution in [2.24, 2.45) is 0 Å². The second-order valence-corrected chi connectivity index (χ2v) is 7.19. The monoisotopic (exact) mass is 395 g/mol. The van der Waals surface area contributed by atoms with Crippen LogP contribution in [0.1, 0.15) is 43.0 Å². The predicted octanol–water partition coefficient (Wildman–Crippen LogP) is 3.66. The lowest BCUT2D eigenvalue weighted by Crippen LogP contribution is -2.35. The van der Waals surface area contributed by atoms with Gasteiger partial charge in [0.15, 0.2) is 12.1 Å². The number of fused-ring (bicyclic) bond motifs is 2. The van der Waals surface area contributed by atoms with Gasteiger partial charge in [0.1, 0.15) is 0 Å². The minimum atomic E-state index is -0.359. The molecule has 2 amide bonds. The van der Waals surface area contributed by atoms with Crippen molar-refractivity contribution >= 4 is 29.0 Å². The molecule has 1 atom stereocenters. The number of imide groups is 1. The van der Waals surface area contributed by atoms with E-state index < -0.39 is 0 Å². The average molecular weight is 395 g/mol. The second kappa shape index (κ2) is 8.71. The largest absolute Gasteiger partial charge is 0.353 e. The summed E-state index contributed by atoms with van der Waals surface area (Å²) in [4.78, 5) is 33.0. The van der Waals surface area contributed by atoms with Crippen molar-refractivity contribution in [3.05, 3.63) is 48.2 Å². The molecule has 29 heavy (non-hydrogen) atoms. The van der Waals surface area contributed by atoms with Crippen LogP contribution < -0.4 is 9.80 Å². The minimum absolute atomic E-state index is 0.121. The highest BCUT2D eigenvalue weighted by molar-refractivity contribution is 6.24. The number of anilines is 3. The van der Waals surface area contributed by atoms with Crippen LogP contribution in [0, 0.1) is 0 Å². The van der Waals surface area contributed by atoms with Crippen molar-refractivity contribution in [1.82, 2.24) is 4.98 Å². The molecule has 0 bridgehead atoms. The Balaban J connectivity index is 1.60. The van der Waals surface area contributed by atoms with E-state index in [2.05, 4.69) is 4.98 Å². The van der Waals surface area contributed by atoms with Gasteiger partial charge < -0.3 is 14.4 Å². The molecule has 1 aromatic carbocycles. The number of benzene rings is 1. The van der Waals surface area contributed by atoms with Crippen molar-refractivity contribution in [2.75, 3.05) is 29.6 Å². The van der Waals surface area contributed by atoms with Gasteiger partial charge in [-0.2, -0.15) is 0 Å². The number of carbonyl (C=O) groups is 2. The highest BCUT2D eigenvalue weighted by atomic mass is 16.7. The van der Waals surface area contributed by atoms with Crippen LogP contribution >= 0.6 is 0 Å². The number of hydrogen-bond acceptors (Lipinski definition) is 6. The van der Waals surface area contributed by atoms with Gasteiger partial charge in [-0.05, 0) is 49.9 Å². The van der Waals surface area contributed by atoms with Crippen LogP contribution in [0.5, 0.6) is 0 Å². The zero-order chi connectivity index (χ0) is 20.2. The molecule has 152 valence electrons. The van der Waals surface area contributed by atoms with E-state index in [4.69, 9.17) is 9.47 Å². The smallest absolute Gasteiger partial charge is 0.268 e. The third-order valence-corrected chi connectivity index (χ3v) is 5.18. The first-order valence-electron chi connectivity index (χ1n) is 10.1. The summed E-state index contributed by atoms with van der Waals surface area (Å²) in [7, 11) is 0. The Hall–Kier alpha value is -2.77. The summed E-state index contributed by atoms with van der Waals surface area (Å²) >= 11 is 0. The van der Waals surface area contributed by atoms with Crippen LogP contribution in [-0.4, -0.2) is 42.8 Å². The molecule has 2 aromatic rings. The highest BCUT2D eigenvalue weighted by Gasteiger charge is 2.33. The summed E-state index contributed by atoms with van der Waals surface area (Å²) in [6.45, 7) is 3.32. The third-order valence-electron chi connectivity index (χ3n) is 5.18. The number of nitrogens with zero attached hydrogens (tertiary/aromatic N) is 3. The molecule has 1 fully saturated rings. The van der Waals surface area contributed by atoms with Gasteiger partial charge in [0.05, 0.1) is 23.5 Å². The minimum Gasteiger partial charge on any atom is -0.353 e. The van der Waals surface area contributed by atoms with Crippen LogP contribution in [0.3, 0.4) is 0 Å². The zero-order valence-corrected chi connectivity index (χ0v) is 16.5. The summed E-state index contributed by atoms with van der Waals surface area (Å²) < 4.78 is 11.5. The van der Waals surface area contributed by atoms with Crippen molar-refractivity contribution < 1.29 is 19.1 Å². The number of pyridine rings is 1. The molecular weight excluding hydrogens is 370 g/mol. The molecule has 3 heterocycles. The lowest BCUT2D eigenvalue weighted by atomic mass is 10.1. The maximum atomic E-state index is 13.1. The number of hydrogen-bond donors (Lipinski definition) is 0. The van der Waals surface area contributed by atoms with Gasteiger partial charge in [-0.1, -0.05) is 12.1 Å². The molecule has 1 aromatic heterocycles. The molecule has 0 aliphatic carbocycles. The lowest BCUT2D eigenvalue weighted by Gasteiger charge is -2.27. The van der Waals surface area contributed by atoms with Gasteiger partial charge in [-0.25, -0.2) is 9.88 Å². The Morgan fingerprint density at radius 2 is 2.03 bits per heavy atom. The fourth-order valence-electron chi connectivity index (χ4n) is 3.82. The van der Waals surface area contributed by atoms with E-state index >= 15 is 0 Å². The van der Waals surface area contributed by atoms with E-state index in [-0.39, 0.29) is 18.1 Å². The van der Waals surface area contributed by atoms with E-state index in [1.165, 1.54) is 6.92 Å². The predicted molar refractivity (Wildman–Crippen MR) is 109 cm³/mol. The van der Waals surface area contributed by atoms with Gasteiger partial charge in [-0.15, -0.1) is 0 Å². The zero-order valence-electron chi connectivity index (χ0n) is 16.5. The van der Waals surface area contributed by atoms with E-state index in [0.29, 0.717) is 24.5 Å².